The van der Waals surface area contributed by atoms with Crippen molar-refractivity contribution in [2.45, 2.75) is 25.4 Å². The van der Waals surface area contributed by atoms with Gasteiger partial charge in [-0.2, -0.15) is 13.2 Å². The molecule has 1 aliphatic carbocycles. The zero-order chi connectivity index (χ0) is 25.3. The Bertz CT molecular complexity index is 1470. The molecule has 1 saturated carbocycles. The van der Waals surface area contributed by atoms with Crippen LogP contribution in [0.1, 0.15) is 36.1 Å². The summed E-state index contributed by atoms with van der Waals surface area (Å²) >= 11 is 1.30. The summed E-state index contributed by atoms with van der Waals surface area (Å²) in [5.41, 5.74) is 0.546. The van der Waals surface area contributed by atoms with Crippen LogP contribution in [0.2, 0.25) is 0 Å². The van der Waals surface area contributed by atoms with E-state index in [2.05, 4.69) is 4.98 Å². The molecular weight excluding hydrogens is 489 g/mol. The number of hydrogen-bond donors (Lipinski definition) is 0. The Balaban J connectivity index is 1.57. The second kappa shape index (κ2) is 9.81. The van der Waals surface area contributed by atoms with E-state index >= 15 is 0 Å². The van der Waals surface area contributed by atoms with Crippen LogP contribution in [-0.4, -0.2) is 23.1 Å². The van der Waals surface area contributed by atoms with Crippen LogP contribution in [0.4, 0.5) is 13.2 Å². The number of aromatic nitrogens is 2. The Labute approximate surface area is 209 Å². The molecule has 0 spiro atoms. The van der Waals surface area contributed by atoms with Crippen LogP contribution in [0, 0.1) is 5.92 Å². The molecule has 0 bridgehead atoms. The Kier molecular flexibility index (Phi) is 6.57. The first-order valence-electron chi connectivity index (χ1n) is 11.5. The molecule has 0 aliphatic heterocycles. The molecule has 186 valence electrons. The fourth-order valence-corrected chi connectivity index (χ4v) is 4.84. The second-order valence-electron chi connectivity index (χ2n) is 8.63. The van der Waals surface area contributed by atoms with Crippen molar-refractivity contribution in [3.8, 4) is 22.6 Å². The van der Waals surface area contributed by atoms with Gasteiger partial charge in [-0.25, -0.2) is 4.98 Å². The number of rotatable bonds is 7. The Morgan fingerprint density at radius 1 is 1.14 bits per heavy atom. The average Bonchev–Trinajstić information content (AvgIpc) is 3.31. The number of fused-ring (bicyclic) bond motifs is 1. The molecule has 2 aromatic carbocycles. The van der Waals surface area contributed by atoms with Crippen LogP contribution in [0.15, 0.2) is 58.8 Å². The van der Waals surface area contributed by atoms with Gasteiger partial charge >= 0.3 is 6.18 Å². The molecule has 1 aliphatic rings. The Morgan fingerprint density at radius 3 is 2.58 bits per heavy atom. The van der Waals surface area contributed by atoms with Gasteiger partial charge in [0.15, 0.2) is 16.5 Å². The second-order valence-corrected chi connectivity index (χ2v) is 9.50. The normalized spacial score (nSPS) is 14.3. The Morgan fingerprint density at radius 2 is 1.92 bits per heavy atom. The van der Waals surface area contributed by atoms with Gasteiger partial charge in [-0.1, -0.05) is 30.7 Å². The highest BCUT2D eigenvalue weighted by Gasteiger charge is 2.30. The van der Waals surface area contributed by atoms with E-state index in [4.69, 9.17) is 9.47 Å². The zero-order valence-electron chi connectivity index (χ0n) is 19.4. The molecular formula is C27H23F3N2O3S. The van der Waals surface area contributed by atoms with Gasteiger partial charge in [-0.3, -0.25) is 9.20 Å². The number of hydrogen-bond acceptors (Lipinski definition) is 5. The first-order valence-corrected chi connectivity index (χ1v) is 12.4. The summed E-state index contributed by atoms with van der Waals surface area (Å²) in [4.78, 5) is 18.4. The minimum atomic E-state index is -4.46. The predicted molar refractivity (Wildman–Crippen MR) is 135 cm³/mol. The molecule has 36 heavy (non-hydrogen) atoms. The highest BCUT2D eigenvalue weighted by atomic mass is 32.1. The van der Waals surface area contributed by atoms with Crippen LogP contribution < -0.4 is 15.0 Å². The van der Waals surface area contributed by atoms with Gasteiger partial charge in [0.2, 0.25) is 0 Å². The largest absolute Gasteiger partial charge is 0.493 e. The van der Waals surface area contributed by atoms with E-state index in [1.54, 1.807) is 30.8 Å². The number of ether oxygens (including phenoxy) is 2. The quantitative estimate of drug-likeness (QED) is 0.273. The van der Waals surface area contributed by atoms with Crippen LogP contribution in [0.3, 0.4) is 0 Å². The number of nitrogens with zero attached hydrogens (tertiary/aromatic N) is 2. The minimum absolute atomic E-state index is 0.218. The predicted octanol–water partition coefficient (Wildman–Crippen LogP) is 6.80. The molecule has 0 atom stereocenters. The van der Waals surface area contributed by atoms with Gasteiger partial charge in [0.1, 0.15) is 0 Å². The molecule has 0 radical (unpaired) electrons. The van der Waals surface area contributed by atoms with Gasteiger partial charge in [0.25, 0.3) is 5.56 Å². The molecule has 2 aromatic heterocycles. The minimum Gasteiger partial charge on any atom is -0.493 e. The van der Waals surface area contributed by atoms with E-state index < -0.39 is 11.7 Å². The van der Waals surface area contributed by atoms with E-state index in [0.29, 0.717) is 40.2 Å². The van der Waals surface area contributed by atoms with Crippen molar-refractivity contribution in [2.24, 2.45) is 5.92 Å². The summed E-state index contributed by atoms with van der Waals surface area (Å²) in [6.45, 7) is 0.596. The summed E-state index contributed by atoms with van der Waals surface area (Å²) in [6, 6.07) is 10.1. The number of halogens is 3. The molecule has 4 aromatic rings. The number of alkyl halides is 3. The van der Waals surface area contributed by atoms with Crippen molar-refractivity contribution in [2.75, 3.05) is 13.7 Å². The fraction of sp³-hybridized carbons (Fsp3) is 0.259. The summed E-state index contributed by atoms with van der Waals surface area (Å²) < 4.78 is 52.3. The van der Waals surface area contributed by atoms with Gasteiger partial charge in [0, 0.05) is 17.1 Å². The van der Waals surface area contributed by atoms with Gasteiger partial charge in [0.05, 0.1) is 30.5 Å². The lowest BCUT2D eigenvalue weighted by Gasteiger charge is -2.26. The van der Waals surface area contributed by atoms with Crippen LogP contribution in [-0.2, 0) is 6.18 Å². The topological polar surface area (TPSA) is 52.8 Å². The smallest absolute Gasteiger partial charge is 0.416 e. The molecule has 9 heteroatoms. The van der Waals surface area contributed by atoms with Crippen molar-refractivity contribution in [1.82, 2.24) is 9.38 Å². The first kappa shape index (κ1) is 24.1. The highest BCUT2D eigenvalue weighted by Crippen LogP contribution is 2.36. The maximum absolute atomic E-state index is 13.3. The molecule has 0 amide bonds. The molecule has 5 nitrogen and oxygen atoms in total. The van der Waals surface area contributed by atoms with Crippen molar-refractivity contribution in [3.05, 3.63) is 81.2 Å². The number of methoxy groups -OCH3 is 1. The molecule has 1 fully saturated rings. The lowest BCUT2D eigenvalue weighted by atomic mass is 9.86. The highest BCUT2D eigenvalue weighted by molar-refractivity contribution is 7.15. The van der Waals surface area contributed by atoms with Crippen LogP contribution in [0.5, 0.6) is 11.5 Å². The van der Waals surface area contributed by atoms with Crippen molar-refractivity contribution in [1.29, 1.82) is 0 Å². The fourth-order valence-electron chi connectivity index (χ4n) is 4.12. The van der Waals surface area contributed by atoms with Crippen molar-refractivity contribution < 1.29 is 22.6 Å². The standard InChI is InChI=1S/C27H23F3N2O3S/c1-34-22-7-3-6-19(24(22)35-16-17-4-2-5-17)10-13-21-23(25(33)32-14-15-36-26(32)31-21)18-8-11-20(12-9-18)27(28,29)30/h3,6-15,17H,2,4-5,16H2,1H3/b13-10+. The number of benzene rings is 2. The lowest BCUT2D eigenvalue weighted by Crippen LogP contribution is -2.19. The lowest BCUT2D eigenvalue weighted by molar-refractivity contribution is -0.137. The van der Waals surface area contributed by atoms with Gasteiger partial charge in [-0.05, 0) is 54.7 Å². The van der Waals surface area contributed by atoms with E-state index in [1.807, 2.05) is 18.2 Å². The summed E-state index contributed by atoms with van der Waals surface area (Å²) in [5, 5.41) is 1.74. The molecule has 0 saturated heterocycles. The number of thiazole rings is 1. The van der Waals surface area contributed by atoms with Crippen LogP contribution >= 0.6 is 11.3 Å². The number of para-hydroxylation sites is 1. The Hall–Kier alpha value is -3.59. The third-order valence-electron chi connectivity index (χ3n) is 6.33. The first-order chi connectivity index (χ1) is 17.3. The molecule has 0 unspecified atom stereocenters. The monoisotopic (exact) mass is 512 g/mol. The van der Waals surface area contributed by atoms with Gasteiger partial charge < -0.3 is 9.47 Å². The van der Waals surface area contributed by atoms with E-state index in [1.165, 1.54) is 34.3 Å². The maximum Gasteiger partial charge on any atom is 0.416 e. The summed E-state index contributed by atoms with van der Waals surface area (Å²) in [7, 11) is 1.58. The molecule has 5 rings (SSSR count). The van der Waals surface area contributed by atoms with E-state index in [0.717, 1.165) is 30.5 Å². The average molecular weight is 513 g/mol. The summed E-state index contributed by atoms with van der Waals surface area (Å²) in [6.07, 6.45) is 4.12. The molecule has 0 N–H and O–H groups in total. The zero-order valence-corrected chi connectivity index (χ0v) is 20.2. The van der Waals surface area contributed by atoms with Gasteiger partial charge in [-0.15, -0.1) is 11.3 Å². The SMILES string of the molecule is COc1cccc(/C=C/c2nc3sccn3c(=O)c2-c2ccc(C(F)(F)F)cc2)c1OCC1CCC1. The maximum atomic E-state index is 13.3. The summed E-state index contributed by atoms with van der Waals surface area (Å²) in [5.74, 6) is 1.73. The van der Waals surface area contributed by atoms with E-state index in [9.17, 15) is 18.0 Å². The van der Waals surface area contributed by atoms with E-state index in [-0.39, 0.29) is 11.1 Å². The third-order valence-corrected chi connectivity index (χ3v) is 7.09. The third kappa shape index (κ3) is 4.75. The van der Waals surface area contributed by atoms with Crippen LogP contribution in [0.25, 0.3) is 28.2 Å². The van der Waals surface area contributed by atoms with Crippen molar-refractivity contribution in [3.63, 3.8) is 0 Å². The molecule has 2 heterocycles. The van der Waals surface area contributed by atoms with Crippen molar-refractivity contribution >= 4 is 28.4 Å².